The van der Waals surface area contributed by atoms with Crippen molar-refractivity contribution in [2.75, 3.05) is 28.5 Å². The molecule has 1 aliphatic heterocycles. The van der Waals surface area contributed by atoms with Crippen molar-refractivity contribution in [3.8, 4) is 11.1 Å². The lowest BCUT2D eigenvalue weighted by molar-refractivity contribution is 0.346. The van der Waals surface area contributed by atoms with Crippen LogP contribution in [-0.4, -0.2) is 31.8 Å². The molecule has 0 bridgehead atoms. The molecule has 2 fully saturated rings. The summed E-state index contributed by atoms with van der Waals surface area (Å²) >= 11 is 0. The van der Waals surface area contributed by atoms with Crippen LogP contribution >= 0.6 is 0 Å². The van der Waals surface area contributed by atoms with Gasteiger partial charge in [0.25, 0.3) is 5.56 Å². The molecule has 6 nitrogen and oxygen atoms in total. The lowest BCUT2D eigenvalue weighted by Gasteiger charge is -2.36. The molecule has 33 heavy (non-hydrogen) atoms. The minimum absolute atomic E-state index is 0.0227. The first-order valence-corrected chi connectivity index (χ1v) is 13.7. The molecular weight excluding hydrogens is 434 g/mol. The zero-order valence-electron chi connectivity index (χ0n) is 19.7. The molecule has 2 aromatic rings. The highest BCUT2D eigenvalue weighted by Gasteiger charge is 2.53. The van der Waals surface area contributed by atoms with E-state index in [1.807, 2.05) is 36.5 Å². The van der Waals surface area contributed by atoms with Crippen molar-refractivity contribution in [2.45, 2.75) is 46.0 Å². The van der Waals surface area contributed by atoms with Crippen molar-refractivity contribution in [2.24, 2.45) is 18.4 Å². The predicted octanol–water partition coefficient (Wildman–Crippen LogP) is 4.40. The Morgan fingerprint density at radius 2 is 1.91 bits per heavy atom. The number of sulfonamides is 1. The molecule has 0 radical (unpaired) electrons. The van der Waals surface area contributed by atoms with E-state index in [4.69, 9.17) is 0 Å². The van der Waals surface area contributed by atoms with Gasteiger partial charge in [-0.2, -0.15) is 0 Å². The fraction of sp³-hybridized carbons (Fsp3) is 0.500. The van der Waals surface area contributed by atoms with E-state index in [1.54, 1.807) is 18.5 Å². The van der Waals surface area contributed by atoms with Crippen molar-refractivity contribution in [1.29, 1.82) is 0 Å². The Labute approximate surface area is 196 Å². The fourth-order valence-corrected chi connectivity index (χ4v) is 6.50. The number of fused-ring (bicyclic) bond motifs is 1. The lowest BCUT2D eigenvalue weighted by atomic mass is 9.89. The van der Waals surface area contributed by atoms with Crippen molar-refractivity contribution >= 4 is 27.5 Å². The zero-order valence-corrected chi connectivity index (χ0v) is 20.5. The summed E-state index contributed by atoms with van der Waals surface area (Å²) in [4.78, 5) is 15.1. The minimum atomic E-state index is -3.38. The number of piperidine rings is 1. The van der Waals surface area contributed by atoms with E-state index in [-0.39, 0.29) is 11.3 Å². The number of hydrogen-bond donors (Lipinski definition) is 1. The fourth-order valence-electron chi connectivity index (χ4n) is 5.87. The predicted molar refractivity (Wildman–Crippen MR) is 135 cm³/mol. The van der Waals surface area contributed by atoms with Gasteiger partial charge in [-0.1, -0.05) is 25.5 Å². The third kappa shape index (κ3) is 3.90. The van der Waals surface area contributed by atoms with Crippen LogP contribution in [0, 0.1) is 11.3 Å². The third-order valence-corrected chi connectivity index (χ3v) is 9.32. The number of nitrogens with one attached hydrogen (secondary N) is 1. The van der Waals surface area contributed by atoms with Gasteiger partial charge in [-0.3, -0.25) is 9.52 Å². The number of rotatable bonds is 6. The maximum atomic E-state index is 12.7. The van der Waals surface area contributed by atoms with Crippen LogP contribution in [0.5, 0.6) is 0 Å². The van der Waals surface area contributed by atoms with Crippen LogP contribution in [0.15, 0.2) is 35.3 Å². The smallest absolute Gasteiger partial charge is 0.254 e. The molecule has 1 aromatic carbocycles. The lowest BCUT2D eigenvalue weighted by Crippen LogP contribution is -2.35. The summed E-state index contributed by atoms with van der Waals surface area (Å²) in [6.07, 6.45) is 11.6. The highest BCUT2D eigenvalue weighted by molar-refractivity contribution is 7.92. The highest BCUT2D eigenvalue weighted by atomic mass is 32.2. The van der Waals surface area contributed by atoms with Crippen molar-refractivity contribution < 1.29 is 8.42 Å². The average Bonchev–Trinajstić information content (AvgIpc) is 3.24. The zero-order chi connectivity index (χ0) is 23.4. The molecule has 2 aliphatic carbocycles. The third-order valence-electron chi connectivity index (χ3n) is 8.01. The minimum Gasteiger partial charge on any atom is -0.371 e. The van der Waals surface area contributed by atoms with Gasteiger partial charge in [0, 0.05) is 54.4 Å². The second-order valence-corrected chi connectivity index (χ2v) is 11.9. The van der Waals surface area contributed by atoms with E-state index >= 15 is 0 Å². The van der Waals surface area contributed by atoms with Crippen LogP contribution in [0.2, 0.25) is 0 Å². The van der Waals surface area contributed by atoms with Crippen LogP contribution in [0.25, 0.3) is 17.2 Å². The van der Waals surface area contributed by atoms with Gasteiger partial charge in [-0.05, 0) is 67.7 Å². The monoisotopic (exact) mass is 467 g/mol. The van der Waals surface area contributed by atoms with Gasteiger partial charge in [0.2, 0.25) is 10.0 Å². The molecule has 1 spiro atoms. The first-order valence-electron chi connectivity index (χ1n) is 12.1. The maximum absolute atomic E-state index is 12.7. The van der Waals surface area contributed by atoms with Crippen molar-refractivity contribution in [3.63, 3.8) is 0 Å². The van der Waals surface area contributed by atoms with Crippen LogP contribution < -0.4 is 15.2 Å². The molecule has 2 heterocycles. The highest BCUT2D eigenvalue weighted by Crippen LogP contribution is 2.61. The number of pyridine rings is 1. The summed E-state index contributed by atoms with van der Waals surface area (Å²) in [5.74, 6) is 0.900. The second-order valence-electron chi connectivity index (χ2n) is 9.85. The van der Waals surface area contributed by atoms with E-state index in [9.17, 15) is 13.2 Å². The normalized spacial score (nSPS) is 20.8. The maximum Gasteiger partial charge on any atom is 0.254 e. The molecule has 1 aromatic heterocycles. The van der Waals surface area contributed by atoms with Gasteiger partial charge >= 0.3 is 0 Å². The summed E-state index contributed by atoms with van der Waals surface area (Å²) in [6, 6.07) is 5.84. The van der Waals surface area contributed by atoms with Crippen LogP contribution in [-0.2, 0) is 23.5 Å². The van der Waals surface area contributed by atoms with Crippen molar-refractivity contribution in [3.05, 3.63) is 52.0 Å². The van der Waals surface area contributed by atoms with Crippen LogP contribution in [0.1, 0.15) is 50.7 Å². The number of anilines is 2. The molecule has 0 amide bonds. The topological polar surface area (TPSA) is 71.4 Å². The van der Waals surface area contributed by atoms with Gasteiger partial charge in [-0.15, -0.1) is 0 Å². The first kappa shape index (κ1) is 22.3. The van der Waals surface area contributed by atoms with Gasteiger partial charge in [0.15, 0.2) is 0 Å². The first-order chi connectivity index (χ1) is 15.8. The Balaban J connectivity index is 1.58. The second kappa shape index (κ2) is 8.05. The number of aromatic nitrogens is 1. The number of aryl methyl sites for hydroxylation is 1. The van der Waals surface area contributed by atoms with E-state index in [1.165, 1.54) is 25.7 Å². The van der Waals surface area contributed by atoms with Gasteiger partial charge < -0.3 is 9.47 Å². The number of benzene rings is 1. The molecule has 1 atom stereocenters. The van der Waals surface area contributed by atoms with Gasteiger partial charge in [0.05, 0.1) is 5.75 Å². The Bertz CT molecular complexity index is 1280. The Morgan fingerprint density at radius 1 is 1.15 bits per heavy atom. The average molecular weight is 468 g/mol. The summed E-state index contributed by atoms with van der Waals surface area (Å²) < 4.78 is 28.9. The summed E-state index contributed by atoms with van der Waals surface area (Å²) in [7, 11) is -1.60. The molecule has 1 unspecified atom stereocenters. The summed E-state index contributed by atoms with van der Waals surface area (Å²) in [5, 5.41) is 0. The Morgan fingerprint density at radius 3 is 2.58 bits per heavy atom. The SMILES string of the molecule is CCC1CC12CCN(c1ccc(NS(=O)(=O)CC)cc1-c1cn(C)c(=O)c3c1C=CC3)CC2. The van der Waals surface area contributed by atoms with Gasteiger partial charge in [-0.25, -0.2) is 8.42 Å². The molecule has 3 aliphatic rings. The Hall–Kier alpha value is -2.54. The van der Waals surface area contributed by atoms with Crippen molar-refractivity contribution in [1.82, 2.24) is 4.57 Å². The Kier molecular flexibility index (Phi) is 5.43. The molecule has 1 saturated carbocycles. The van der Waals surface area contributed by atoms with E-state index in [0.717, 1.165) is 46.9 Å². The number of nitrogens with zero attached hydrogens (tertiary/aromatic N) is 2. The van der Waals surface area contributed by atoms with Crippen LogP contribution in [0.3, 0.4) is 0 Å². The van der Waals surface area contributed by atoms with E-state index < -0.39 is 10.0 Å². The standard InChI is InChI=1S/C26H33N3O3S/c1-4-18-16-26(18)11-13-29(14-12-26)24-10-9-19(27-33(31,32)5-2)15-22(24)23-17-28(3)25(30)21-8-6-7-20(21)23/h6-7,9-10,15,17-18,27H,4-5,8,11-14,16H2,1-3H3. The molecule has 1 saturated heterocycles. The molecule has 176 valence electrons. The van der Waals surface area contributed by atoms with Crippen LogP contribution in [0.4, 0.5) is 11.4 Å². The molecular formula is C26H33N3O3S. The largest absolute Gasteiger partial charge is 0.371 e. The molecule has 5 rings (SSSR count). The molecule has 1 N–H and O–H groups in total. The van der Waals surface area contributed by atoms with Gasteiger partial charge in [0.1, 0.15) is 0 Å². The summed E-state index contributed by atoms with van der Waals surface area (Å²) in [5.41, 5.74) is 5.96. The summed E-state index contributed by atoms with van der Waals surface area (Å²) in [6.45, 7) is 5.95. The van der Waals surface area contributed by atoms with E-state index in [0.29, 0.717) is 17.5 Å². The number of hydrogen-bond acceptors (Lipinski definition) is 4. The molecule has 7 heteroatoms. The number of allylic oxidation sites excluding steroid dienone is 1. The van der Waals surface area contributed by atoms with E-state index in [2.05, 4.69) is 16.5 Å². The quantitative estimate of drug-likeness (QED) is 0.684.